The van der Waals surface area contributed by atoms with E-state index >= 15 is 0 Å². The molecule has 1 aromatic rings. The van der Waals surface area contributed by atoms with Gasteiger partial charge in [-0.3, -0.25) is 14.9 Å². The number of hydrogen-bond acceptors (Lipinski definition) is 4. The maximum absolute atomic E-state index is 12.2. The first-order chi connectivity index (χ1) is 9.51. The number of hydrogen-bond donors (Lipinski definition) is 1. The lowest BCUT2D eigenvalue weighted by molar-refractivity contribution is -0.385. The molecule has 1 unspecified atom stereocenters. The quantitative estimate of drug-likeness (QED) is 0.476. The molecule has 0 saturated heterocycles. The van der Waals surface area contributed by atoms with Gasteiger partial charge in [-0.05, 0) is 19.4 Å². The largest absolute Gasteiger partial charge is 0.383 e. The number of carbonyl (C=O) groups is 1. The van der Waals surface area contributed by atoms with E-state index in [0.717, 1.165) is 0 Å². The van der Waals surface area contributed by atoms with Gasteiger partial charge in [-0.25, -0.2) is 0 Å². The molecule has 20 heavy (non-hydrogen) atoms. The highest BCUT2D eigenvalue weighted by molar-refractivity contribution is 6.17. The molecule has 6 nitrogen and oxygen atoms in total. The van der Waals surface area contributed by atoms with Crippen molar-refractivity contribution in [2.24, 2.45) is 0 Å². The van der Waals surface area contributed by atoms with Crippen LogP contribution in [-0.2, 0) is 4.74 Å². The van der Waals surface area contributed by atoms with Crippen LogP contribution in [0.25, 0.3) is 0 Å². The number of nitro groups is 1. The molecule has 1 atom stereocenters. The summed E-state index contributed by atoms with van der Waals surface area (Å²) < 4.78 is 4.99. The lowest BCUT2D eigenvalue weighted by Gasteiger charge is -2.17. The van der Waals surface area contributed by atoms with Crippen molar-refractivity contribution in [2.45, 2.75) is 19.4 Å². The lowest BCUT2D eigenvalue weighted by atomic mass is 10.1. The van der Waals surface area contributed by atoms with Crippen molar-refractivity contribution in [1.29, 1.82) is 0 Å². The number of ether oxygens (including phenoxy) is 1. The molecule has 7 heteroatoms. The molecule has 1 N–H and O–H groups in total. The molecular formula is C13H17ClN2O4. The molecule has 0 saturated carbocycles. The molecule has 0 heterocycles. The Kier molecular flexibility index (Phi) is 6.41. The maximum Gasteiger partial charge on any atom is 0.285 e. The number of nitro benzene ring substituents is 1. The fraction of sp³-hybridized carbons (Fsp3) is 0.462. The summed E-state index contributed by atoms with van der Waals surface area (Å²) in [4.78, 5) is 22.7. The maximum atomic E-state index is 12.2. The van der Waals surface area contributed by atoms with Crippen molar-refractivity contribution >= 4 is 23.2 Å². The molecule has 0 aliphatic heterocycles. The summed E-state index contributed by atoms with van der Waals surface area (Å²) in [5.41, 5.74) is 0.320. The monoisotopic (exact) mass is 300 g/mol. The Morgan fingerprint density at radius 2 is 2.25 bits per heavy atom. The van der Waals surface area contributed by atoms with Gasteiger partial charge in [0, 0.05) is 18.6 Å². The normalized spacial score (nSPS) is 11.9. The lowest BCUT2D eigenvalue weighted by Crippen LogP contribution is -2.38. The SMILES string of the molecule is COCC(CCCl)NC(=O)c1cccc(C)c1[N+](=O)[O-]. The fourth-order valence-corrected chi connectivity index (χ4v) is 2.14. The van der Waals surface area contributed by atoms with Gasteiger partial charge in [0.15, 0.2) is 0 Å². The summed E-state index contributed by atoms with van der Waals surface area (Å²) in [5, 5.41) is 13.8. The Hall–Kier alpha value is -1.66. The van der Waals surface area contributed by atoms with E-state index in [2.05, 4.69) is 5.32 Å². The Morgan fingerprint density at radius 1 is 1.55 bits per heavy atom. The molecule has 1 aromatic carbocycles. The molecule has 1 amide bonds. The summed E-state index contributed by atoms with van der Waals surface area (Å²) >= 11 is 5.65. The van der Waals surface area contributed by atoms with E-state index in [0.29, 0.717) is 24.5 Å². The van der Waals surface area contributed by atoms with Crippen LogP contribution in [0.2, 0.25) is 0 Å². The molecule has 0 aromatic heterocycles. The van der Waals surface area contributed by atoms with Crippen molar-refractivity contribution in [1.82, 2.24) is 5.32 Å². The predicted molar refractivity (Wildman–Crippen MR) is 76.3 cm³/mol. The van der Waals surface area contributed by atoms with Gasteiger partial charge in [0.25, 0.3) is 11.6 Å². The highest BCUT2D eigenvalue weighted by Crippen LogP contribution is 2.23. The van der Waals surface area contributed by atoms with Gasteiger partial charge in [-0.15, -0.1) is 11.6 Å². The first kappa shape index (κ1) is 16.4. The van der Waals surface area contributed by atoms with Gasteiger partial charge < -0.3 is 10.1 Å². The zero-order valence-electron chi connectivity index (χ0n) is 11.4. The zero-order valence-corrected chi connectivity index (χ0v) is 12.1. The highest BCUT2D eigenvalue weighted by Gasteiger charge is 2.23. The number of amides is 1. The number of carbonyl (C=O) groups excluding carboxylic acids is 1. The third-order valence-corrected chi connectivity index (χ3v) is 3.04. The molecule has 0 fully saturated rings. The number of aryl methyl sites for hydroxylation is 1. The second-order valence-electron chi connectivity index (χ2n) is 4.33. The summed E-state index contributed by atoms with van der Waals surface area (Å²) in [6.07, 6.45) is 0.529. The number of nitrogens with zero attached hydrogens (tertiary/aromatic N) is 1. The molecular weight excluding hydrogens is 284 g/mol. The Labute approximate surface area is 122 Å². The van der Waals surface area contributed by atoms with E-state index in [1.54, 1.807) is 19.1 Å². The van der Waals surface area contributed by atoms with Crippen LogP contribution in [0.15, 0.2) is 18.2 Å². The van der Waals surface area contributed by atoms with Gasteiger partial charge in [0.2, 0.25) is 0 Å². The van der Waals surface area contributed by atoms with Crippen LogP contribution in [0.3, 0.4) is 0 Å². The van der Waals surface area contributed by atoms with Gasteiger partial charge in [-0.2, -0.15) is 0 Å². The van der Waals surface area contributed by atoms with Gasteiger partial charge in [-0.1, -0.05) is 12.1 Å². The number of rotatable bonds is 7. The smallest absolute Gasteiger partial charge is 0.285 e. The Morgan fingerprint density at radius 3 is 2.80 bits per heavy atom. The van der Waals surface area contributed by atoms with E-state index in [9.17, 15) is 14.9 Å². The number of methoxy groups -OCH3 is 1. The molecule has 0 aliphatic carbocycles. The topological polar surface area (TPSA) is 81.5 Å². The van der Waals surface area contributed by atoms with Gasteiger partial charge >= 0.3 is 0 Å². The molecule has 0 spiro atoms. The first-order valence-corrected chi connectivity index (χ1v) is 6.64. The molecule has 0 radical (unpaired) electrons. The van der Waals surface area contributed by atoms with Gasteiger partial charge in [0.05, 0.1) is 17.6 Å². The number of nitrogens with one attached hydrogen (secondary N) is 1. The van der Waals surface area contributed by atoms with E-state index in [-0.39, 0.29) is 17.3 Å². The van der Waals surface area contributed by atoms with Crippen molar-refractivity contribution in [2.75, 3.05) is 19.6 Å². The third-order valence-electron chi connectivity index (χ3n) is 2.83. The van der Waals surface area contributed by atoms with Gasteiger partial charge in [0.1, 0.15) is 5.56 Å². The van der Waals surface area contributed by atoms with Crippen LogP contribution in [0, 0.1) is 17.0 Å². The molecule has 0 bridgehead atoms. The van der Waals surface area contributed by atoms with Crippen molar-refractivity contribution < 1.29 is 14.5 Å². The minimum Gasteiger partial charge on any atom is -0.383 e. The van der Waals surface area contributed by atoms with Crippen LogP contribution in [0.1, 0.15) is 22.3 Å². The summed E-state index contributed by atoms with van der Waals surface area (Å²) in [5.74, 6) is -0.128. The van der Waals surface area contributed by atoms with Crippen LogP contribution in [0.5, 0.6) is 0 Å². The van der Waals surface area contributed by atoms with Crippen LogP contribution < -0.4 is 5.32 Å². The van der Waals surface area contributed by atoms with Crippen molar-refractivity contribution in [3.63, 3.8) is 0 Å². The molecule has 1 rings (SSSR count). The average Bonchev–Trinajstić information content (AvgIpc) is 2.38. The van der Waals surface area contributed by atoms with E-state index < -0.39 is 10.8 Å². The van der Waals surface area contributed by atoms with E-state index in [4.69, 9.17) is 16.3 Å². The summed E-state index contributed by atoms with van der Waals surface area (Å²) in [7, 11) is 1.52. The Balaban J connectivity index is 2.97. The first-order valence-electron chi connectivity index (χ1n) is 6.11. The third kappa shape index (κ3) is 4.18. The second-order valence-corrected chi connectivity index (χ2v) is 4.71. The van der Waals surface area contributed by atoms with E-state index in [1.165, 1.54) is 13.2 Å². The average molecular weight is 301 g/mol. The molecule has 0 aliphatic rings. The standard InChI is InChI=1S/C13H17ClN2O4/c1-9-4-3-5-11(12(9)16(18)19)13(17)15-10(6-7-14)8-20-2/h3-5,10H,6-8H2,1-2H3,(H,15,17). The van der Waals surface area contributed by atoms with E-state index in [1.807, 2.05) is 0 Å². The Bertz CT molecular complexity index is 487. The summed E-state index contributed by atoms with van der Waals surface area (Å²) in [6.45, 7) is 1.90. The van der Waals surface area contributed by atoms with Crippen LogP contribution in [-0.4, -0.2) is 36.5 Å². The van der Waals surface area contributed by atoms with Crippen LogP contribution in [0.4, 0.5) is 5.69 Å². The van der Waals surface area contributed by atoms with Crippen molar-refractivity contribution in [3.8, 4) is 0 Å². The number of alkyl halides is 1. The minimum atomic E-state index is -0.545. The number of benzene rings is 1. The minimum absolute atomic E-state index is 0.0469. The number of para-hydroxylation sites is 1. The van der Waals surface area contributed by atoms with Crippen LogP contribution >= 0.6 is 11.6 Å². The van der Waals surface area contributed by atoms with Crippen molar-refractivity contribution in [3.05, 3.63) is 39.4 Å². The zero-order chi connectivity index (χ0) is 15.1. The molecule has 110 valence electrons. The predicted octanol–water partition coefficient (Wildman–Crippen LogP) is 2.28. The fourth-order valence-electron chi connectivity index (χ4n) is 1.88. The summed E-state index contributed by atoms with van der Waals surface area (Å²) in [6, 6.07) is 4.38. The second kappa shape index (κ2) is 7.81. The number of halogens is 1. The highest BCUT2D eigenvalue weighted by atomic mass is 35.5.